The number of nitrogens with one attached hydrogen (secondary N) is 2. The van der Waals surface area contributed by atoms with Crippen LogP contribution in [0.3, 0.4) is 0 Å². The van der Waals surface area contributed by atoms with E-state index in [-0.39, 0.29) is 32.5 Å². The lowest BCUT2D eigenvalue weighted by Crippen LogP contribution is -2.70. The predicted molar refractivity (Wildman–Crippen MR) is 211 cm³/mol. The fraction of sp³-hybridized carbons (Fsp3) is 0.357. The molecule has 1 saturated heterocycles. The van der Waals surface area contributed by atoms with Crippen molar-refractivity contribution in [2.45, 2.75) is 69.4 Å². The average molecular weight is 846 g/mol. The summed E-state index contributed by atoms with van der Waals surface area (Å²) < 4.78 is 58.4. The highest BCUT2D eigenvalue weighted by atomic mass is 35.5. The molecule has 59 heavy (non-hydrogen) atoms. The van der Waals surface area contributed by atoms with Crippen molar-refractivity contribution in [2.75, 3.05) is 26.3 Å². The van der Waals surface area contributed by atoms with E-state index in [1.165, 1.54) is 21.9 Å². The molecule has 0 radical (unpaired) electrons. The molecule has 1 aliphatic heterocycles. The van der Waals surface area contributed by atoms with E-state index < -0.39 is 72.4 Å². The zero-order chi connectivity index (χ0) is 43.3. The van der Waals surface area contributed by atoms with Gasteiger partial charge in [0.2, 0.25) is 23.6 Å². The predicted octanol–water partition coefficient (Wildman–Crippen LogP) is 6.05. The number of fused-ring (bicyclic) bond motifs is 1. The van der Waals surface area contributed by atoms with Gasteiger partial charge in [-0.2, -0.15) is 13.2 Å². The van der Waals surface area contributed by atoms with Gasteiger partial charge in [-0.25, -0.2) is 13.6 Å². The summed E-state index contributed by atoms with van der Waals surface area (Å²) in [6.45, 7) is 0.873. The molecule has 2 unspecified atom stereocenters. The second-order valence-electron chi connectivity index (χ2n) is 13.9. The molecule has 1 aliphatic rings. The molecule has 0 aromatic heterocycles. The third kappa shape index (κ3) is 12.4. The number of carbonyl (C=O) groups excluding carboxylic acids is 4. The van der Waals surface area contributed by atoms with Crippen molar-refractivity contribution < 1.29 is 51.0 Å². The van der Waals surface area contributed by atoms with Gasteiger partial charge in [0.15, 0.2) is 5.66 Å². The zero-order valence-electron chi connectivity index (χ0n) is 32.1. The minimum Gasteiger partial charge on any atom is -0.475 e. The van der Waals surface area contributed by atoms with Gasteiger partial charge < -0.3 is 31.3 Å². The maximum Gasteiger partial charge on any atom is 0.490 e. The molecule has 4 aromatic carbocycles. The number of carboxylic acids is 1. The van der Waals surface area contributed by atoms with E-state index in [9.17, 15) is 41.1 Å². The number of piperazine rings is 1. The highest BCUT2D eigenvalue weighted by Crippen LogP contribution is 2.35. The van der Waals surface area contributed by atoms with E-state index in [1.54, 1.807) is 36.4 Å². The van der Waals surface area contributed by atoms with Crippen LogP contribution in [0.5, 0.6) is 0 Å². The molecule has 17 heteroatoms. The molecule has 1 heterocycles. The fourth-order valence-electron chi connectivity index (χ4n) is 6.85. The van der Waals surface area contributed by atoms with Crippen molar-refractivity contribution in [1.29, 1.82) is 0 Å². The van der Waals surface area contributed by atoms with Gasteiger partial charge in [0.1, 0.15) is 18.5 Å². The molecule has 1 fully saturated rings. The number of rotatable bonds is 15. The minimum absolute atomic E-state index is 0.0436. The fourth-order valence-corrected chi connectivity index (χ4v) is 6.97. The number of nitrogens with two attached hydrogens (primary N) is 1. The number of alkyl halides is 4. The van der Waals surface area contributed by atoms with Crippen LogP contribution in [0.1, 0.15) is 49.3 Å². The molecule has 4 aromatic rings. The van der Waals surface area contributed by atoms with Crippen LogP contribution in [-0.4, -0.2) is 89.1 Å². The average Bonchev–Trinajstić information content (AvgIpc) is 3.20. The van der Waals surface area contributed by atoms with Crippen LogP contribution in [0, 0.1) is 5.82 Å². The monoisotopic (exact) mass is 845 g/mol. The Bertz CT molecular complexity index is 2090. The van der Waals surface area contributed by atoms with E-state index in [0.717, 1.165) is 16.3 Å². The first-order valence-corrected chi connectivity index (χ1v) is 19.2. The van der Waals surface area contributed by atoms with Crippen LogP contribution >= 0.6 is 11.6 Å². The largest absolute Gasteiger partial charge is 0.490 e. The number of carbonyl (C=O) groups is 5. The van der Waals surface area contributed by atoms with Crippen LogP contribution in [-0.2, 0) is 42.5 Å². The smallest absolute Gasteiger partial charge is 0.475 e. The van der Waals surface area contributed by atoms with Crippen LogP contribution in [0.15, 0.2) is 91.0 Å². The van der Waals surface area contributed by atoms with Crippen molar-refractivity contribution in [3.05, 3.63) is 119 Å². The number of benzene rings is 4. The van der Waals surface area contributed by atoms with Gasteiger partial charge in [-0.05, 0) is 71.0 Å². The molecule has 0 aliphatic carbocycles. The Morgan fingerprint density at radius 1 is 0.915 bits per heavy atom. The topological polar surface area (TPSA) is 162 Å². The summed E-state index contributed by atoms with van der Waals surface area (Å²) in [5.41, 5.74) is 6.70. The maximum atomic E-state index is 14.7. The molecule has 3 atom stereocenters. The van der Waals surface area contributed by atoms with Gasteiger partial charge in [0.25, 0.3) is 0 Å². The number of halogens is 6. The molecule has 0 bridgehead atoms. The van der Waals surface area contributed by atoms with Gasteiger partial charge in [0.05, 0.1) is 12.5 Å². The molecule has 11 nitrogen and oxygen atoms in total. The van der Waals surface area contributed by atoms with E-state index in [4.69, 9.17) is 27.2 Å². The first kappa shape index (κ1) is 46.1. The highest BCUT2D eigenvalue weighted by Gasteiger charge is 2.50. The SMILES string of the molecule is CCCC1C(=O)N([C@@](CC(=O)NCCF)(NC(=O)CCc2ccc3ccccc3c2)c2ccc(Cl)cc2)CCN1C(=O)C(N)Cc1ccc(F)cc1.O=C(O)C(F)(F)F. The molecule has 0 saturated carbocycles. The first-order chi connectivity index (χ1) is 28.0. The summed E-state index contributed by atoms with van der Waals surface area (Å²) in [5.74, 6) is -5.07. The van der Waals surface area contributed by atoms with Gasteiger partial charge >= 0.3 is 12.1 Å². The van der Waals surface area contributed by atoms with E-state index in [1.807, 2.05) is 49.4 Å². The highest BCUT2D eigenvalue weighted by molar-refractivity contribution is 6.30. The molecule has 316 valence electrons. The van der Waals surface area contributed by atoms with Crippen molar-refractivity contribution in [3.63, 3.8) is 0 Å². The second-order valence-corrected chi connectivity index (χ2v) is 14.3. The summed E-state index contributed by atoms with van der Waals surface area (Å²) in [6.07, 6.45) is -4.08. The number of aryl methyl sites for hydroxylation is 1. The Morgan fingerprint density at radius 3 is 2.15 bits per heavy atom. The Labute approximate surface area is 342 Å². The quantitative estimate of drug-likeness (QED) is 0.106. The van der Waals surface area contributed by atoms with Gasteiger partial charge in [-0.3, -0.25) is 19.2 Å². The molecule has 0 spiro atoms. The number of amides is 4. The molecular formula is C42H45ClF5N5O6. The van der Waals surface area contributed by atoms with Crippen LogP contribution < -0.4 is 16.4 Å². The molecule has 4 amide bonds. The lowest BCUT2D eigenvalue weighted by atomic mass is 9.89. The number of nitrogens with zero attached hydrogens (tertiary/aromatic N) is 2. The van der Waals surface area contributed by atoms with Crippen molar-refractivity contribution in [2.24, 2.45) is 5.73 Å². The Hall–Kier alpha value is -5.61. The van der Waals surface area contributed by atoms with Crippen molar-refractivity contribution in [1.82, 2.24) is 20.4 Å². The first-order valence-electron chi connectivity index (χ1n) is 18.8. The third-order valence-electron chi connectivity index (χ3n) is 9.68. The summed E-state index contributed by atoms with van der Waals surface area (Å²) in [7, 11) is 0. The summed E-state index contributed by atoms with van der Waals surface area (Å²) in [5, 5.41) is 15.2. The van der Waals surface area contributed by atoms with Crippen molar-refractivity contribution >= 4 is 52.0 Å². The normalized spacial score (nSPS) is 15.7. The molecular weight excluding hydrogens is 801 g/mol. The van der Waals surface area contributed by atoms with Crippen molar-refractivity contribution in [3.8, 4) is 0 Å². The lowest BCUT2D eigenvalue weighted by molar-refractivity contribution is -0.192. The number of carboxylic acid groups (broad SMARTS) is 1. The zero-order valence-corrected chi connectivity index (χ0v) is 32.9. The van der Waals surface area contributed by atoms with Crippen LogP contribution in [0.4, 0.5) is 22.0 Å². The summed E-state index contributed by atoms with van der Waals surface area (Å²) in [6, 6.07) is 24.2. The second kappa shape index (κ2) is 20.9. The number of aliphatic carboxylic acids is 1. The molecule has 5 N–H and O–H groups in total. The van der Waals surface area contributed by atoms with E-state index >= 15 is 0 Å². The maximum absolute atomic E-state index is 14.7. The lowest BCUT2D eigenvalue weighted by Gasteiger charge is -2.50. The minimum atomic E-state index is -5.08. The summed E-state index contributed by atoms with van der Waals surface area (Å²) >= 11 is 6.27. The third-order valence-corrected chi connectivity index (χ3v) is 9.93. The van der Waals surface area contributed by atoms with E-state index in [2.05, 4.69) is 10.6 Å². The van der Waals surface area contributed by atoms with Gasteiger partial charge in [-0.15, -0.1) is 0 Å². The molecule has 5 rings (SSSR count). The Balaban J connectivity index is 0.00000101. The van der Waals surface area contributed by atoms with Gasteiger partial charge in [-0.1, -0.05) is 91.7 Å². The standard InChI is InChI=1S/C40H44ClF2N5O4.C2HF3O2/c1-2-5-35-39(52)48(23-22-47(35)38(51)34(44)25-28-9-17-33(43)18-10-28)40(26-37(50)45-21-20-42,31-13-15-32(41)16-14-31)46-36(49)19-11-27-8-12-29-6-3-4-7-30(29)24-27;3-2(4,5)1(6)7/h3-4,6-10,12-18,24,34-35H,2,5,11,19-23,25-26,44H2,1H3,(H,45,50)(H,46,49);(H,6,7)/t34?,35?,40-;/m1./s1. The van der Waals surface area contributed by atoms with Crippen LogP contribution in [0.2, 0.25) is 5.02 Å². The Kier molecular flexibility index (Phi) is 16.3. The van der Waals surface area contributed by atoms with E-state index in [0.29, 0.717) is 35.4 Å². The Morgan fingerprint density at radius 2 is 1.54 bits per heavy atom. The summed E-state index contributed by atoms with van der Waals surface area (Å²) in [4.78, 5) is 67.8. The number of hydrogen-bond acceptors (Lipinski definition) is 6. The van der Waals surface area contributed by atoms with Crippen LogP contribution in [0.25, 0.3) is 10.8 Å². The van der Waals surface area contributed by atoms with Gasteiger partial charge in [0, 0.05) is 31.1 Å². The number of hydrogen-bond donors (Lipinski definition) is 4.